The molecule has 1 amide bonds. The Morgan fingerprint density at radius 1 is 1.10 bits per heavy atom. The van der Waals surface area contributed by atoms with E-state index in [1.165, 1.54) is 0 Å². The summed E-state index contributed by atoms with van der Waals surface area (Å²) >= 11 is 0. The summed E-state index contributed by atoms with van der Waals surface area (Å²) in [6.45, 7) is 14.7. The summed E-state index contributed by atoms with van der Waals surface area (Å²) in [6.07, 6.45) is 2.44. The maximum Gasteiger partial charge on any atom is 0.249 e. The summed E-state index contributed by atoms with van der Waals surface area (Å²) in [5, 5.41) is 3.36. The molecule has 4 rings (SSSR count). The van der Waals surface area contributed by atoms with Crippen LogP contribution in [0, 0.1) is 0 Å². The predicted octanol–water partition coefficient (Wildman–Crippen LogP) is 2.81. The van der Waals surface area contributed by atoms with E-state index in [9.17, 15) is 4.79 Å². The third-order valence-corrected chi connectivity index (χ3v) is 8.15. The Labute approximate surface area is 246 Å². The minimum atomic E-state index is -0.242. The molecule has 41 heavy (non-hydrogen) atoms. The van der Waals surface area contributed by atoms with Crippen LogP contribution in [-0.2, 0) is 4.79 Å². The average Bonchev–Trinajstić information content (AvgIpc) is 2.96. The summed E-state index contributed by atoms with van der Waals surface area (Å²) in [4.78, 5) is 35.8. The number of carbonyl (C=O) groups is 1. The summed E-state index contributed by atoms with van der Waals surface area (Å²) in [7, 11) is 9.94. The molecule has 0 unspecified atom stereocenters. The molecule has 1 saturated heterocycles. The Kier molecular flexibility index (Phi) is 10.3. The number of anilines is 5. The van der Waals surface area contributed by atoms with Crippen molar-refractivity contribution >= 4 is 34.7 Å². The summed E-state index contributed by atoms with van der Waals surface area (Å²) in [5.74, 6) is 2.06. The van der Waals surface area contributed by atoms with E-state index >= 15 is 0 Å². The monoisotopic (exact) mass is 567 g/mol. The van der Waals surface area contributed by atoms with Gasteiger partial charge in [0.25, 0.3) is 0 Å². The van der Waals surface area contributed by atoms with Crippen molar-refractivity contribution in [2.75, 3.05) is 108 Å². The lowest BCUT2D eigenvalue weighted by atomic mass is 10.1. The minimum Gasteiger partial charge on any atom is -0.494 e. The van der Waals surface area contributed by atoms with Crippen molar-refractivity contribution in [1.29, 1.82) is 0 Å². The van der Waals surface area contributed by atoms with Gasteiger partial charge in [-0.25, -0.2) is 4.98 Å². The second kappa shape index (κ2) is 13.7. The van der Waals surface area contributed by atoms with E-state index in [2.05, 4.69) is 81.9 Å². The fraction of sp³-hybridized carbons (Fsp3) is 0.633. The van der Waals surface area contributed by atoms with E-state index in [0.717, 1.165) is 81.0 Å². The maximum absolute atomic E-state index is 13.0. The summed E-state index contributed by atoms with van der Waals surface area (Å²) in [5.41, 5.74) is 2.68. The number of nitrogens with one attached hydrogen (secondary N) is 1. The van der Waals surface area contributed by atoms with Crippen molar-refractivity contribution in [3.63, 3.8) is 0 Å². The standard InChI is InChI=1S/C30H49N9O2/c1-9-25-29(40)36(7)26-21-31-30(33-28(26)39(25)22(2)3)32-24-11-10-23(20-27(24)41-8)38-18-16-37(17-19-38)15-14-35(6)13-12-34(4)5/h10-11,20-22,25H,9,12-19H2,1-8H3,(H,31,32,33)/t25-/m1/s1. The molecule has 0 spiro atoms. The van der Waals surface area contributed by atoms with Gasteiger partial charge in [-0.2, -0.15) is 4.98 Å². The highest BCUT2D eigenvalue weighted by molar-refractivity contribution is 6.04. The van der Waals surface area contributed by atoms with Gasteiger partial charge in [0.1, 0.15) is 17.5 Å². The van der Waals surface area contributed by atoms with Crippen LogP contribution in [0.5, 0.6) is 5.75 Å². The Morgan fingerprint density at radius 3 is 2.46 bits per heavy atom. The van der Waals surface area contributed by atoms with Crippen molar-refractivity contribution in [3.8, 4) is 5.75 Å². The van der Waals surface area contributed by atoms with Crippen LogP contribution in [-0.4, -0.2) is 130 Å². The van der Waals surface area contributed by atoms with Crippen LogP contribution in [0.2, 0.25) is 0 Å². The minimum absolute atomic E-state index is 0.0726. The smallest absolute Gasteiger partial charge is 0.249 e. The topological polar surface area (TPSA) is 83.6 Å². The number of amides is 1. The molecule has 2 aliphatic rings. The molecule has 0 radical (unpaired) electrons. The number of likely N-dealkylation sites (N-methyl/N-ethyl adjacent to an activating group) is 3. The first-order chi connectivity index (χ1) is 19.6. The number of hydrogen-bond acceptors (Lipinski definition) is 10. The van der Waals surface area contributed by atoms with Gasteiger partial charge in [-0.15, -0.1) is 0 Å². The van der Waals surface area contributed by atoms with Crippen molar-refractivity contribution in [1.82, 2.24) is 24.7 Å². The summed E-state index contributed by atoms with van der Waals surface area (Å²) in [6, 6.07) is 6.14. The first-order valence-electron chi connectivity index (χ1n) is 14.8. The van der Waals surface area contributed by atoms with Crippen molar-refractivity contribution < 1.29 is 9.53 Å². The zero-order chi connectivity index (χ0) is 29.7. The molecule has 2 aromatic rings. The van der Waals surface area contributed by atoms with Gasteiger partial charge in [0.15, 0.2) is 5.82 Å². The van der Waals surface area contributed by atoms with Crippen LogP contribution < -0.4 is 24.8 Å². The van der Waals surface area contributed by atoms with Crippen LogP contribution in [0.15, 0.2) is 24.4 Å². The number of hydrogen-bond donors (Lipinski definition) is 1. The lowest BCUT2D eigenvalue weighted by molar-refractivity contribution is -0.120. The van der Waals surface area contributed by atoms with E-state index in [1.54, 1.807) is 25.3 Å². The molecule has 1 fully saturated rings. The molecule has 3 heterocycles. The van der Waals surface area contributed by atoms with Crippen LogP contribution in [0.3, 0.4) is 0 Å². The molecule has 0 saturated carbocycles. The molecule has 1 atom stereocenters. The molecule has 0 aliphatic carbocycles. The van der Waals surface area contributed by atoms with Gasteiger partial charge >= 0.3 is 0 Å². The number of carbonyl (C=O) groups excluding carboxylic acids is 1. The van der Waals surface area contributed by atoms with E-state index < -0.39 is 0 Å². The number of benzene rings is 1. The third kappa shape index (κ3) is 7.20. The molecule has 226 valence electrons. The Balaban J connectivity index is 1.41. The van der Waals surface area contributed by atoms with Crippen LogP contribution in [0.1, 0.15) is 27.2 Å². The third-order valence-electron chi connectivity index (χ3n) is 8.15. The Hall–Kier alpha value is -3.15. The first kappa shape index (κ1) is 30.8. The van der Waals surface area contributed by atoms with Gasteiger partial charge in [-0.05, 0) is 53.5 Å². The molecule has 2 aliphatic heterocycles. The Morgan fingerprint density at radius 2 is 1.83 bits per heavy atom. The fourth-order valence-corrected chi connectivity index (χ4v) is 5.56. The van der Waals surface area contributed by atoms with Crippen LogP contribution in [0.25, 0.3) is 0 Å². The van der Waals surface area contributed by atoms with E-state index in [0.29, 0.717) is 12.4 Å². The normalized spacial score (nSPS) is 18.1. The maximum atomic E-state index is 13.0. The lowest BCUT2D eigenvalue weighted by Gasteiger charge is -2.42. The molecule has 11 heteroatoms. The first-order valence-corrected chi connectivity index (χ1v) is 14.8. The molecule has 1 aromatic heterocycles. The fourth-order valence-electron chi connectivity index (χ4n) is 5.56. The second-order valence-corrected chi connectivity index (χ2v) is 11.7. The molecule has 0 bridgehead atoms. The zero-order valence-corrected chi connectivity index (χ0v) is 26.2. The van der Waals surface area contributed by atoms with Crippen LogP contribution >= 0.6 is 0 Å². The number of fused-ring (bicyclic) bond motifs is 1. The highest BCUT2D eigenvalue weighted by Gasteiger charge is 2.38. The SMILES string of the molecule is CC[C@@H]1C(=O)N(C)c2cnc(Nc3ccc(N4CCN(CCN(C)CCN(C)C)CC4)cc3OC)nc2N1C(C)C. The number of piperazine rings is 1. The average molecular weight is 568 g/mol. The predicted molar refractivity (Wildman–Crippen MR) is 168 cm³/mol. The van der Waals surface area contributed by atoms with Gasteiger partial charge in [0, 0.05) is 77.2 Å². The quantitative estimate of drug-likeness (QED) is 0.413. The molecular weight excluding hydrogens is 518 g/mol. The van der Waals surface area contributed by atoms with Gasteiger partial charge in [-0.3, -0.25) is 9.69 Å². The van der Waals surface area contributed by atoms with Crippen molar-refractivity contribution in [3.05, 3.63) is 24.4 Å². The van der Waals surface area contributed by atoms with Crippen molar-refractivity contribution in [2.45, 2.75) is 39.3 Å². The number of aromatic nitrogens is 2. The number of nitrogens with zero attached hydrogens (tertiary/aromatic N) is 8. The second-order valence-electron chi connectivity index (χ2n) is 11.7. The van der Waals surface area contributed by atoms with E-state index in [1.807, 2.05) is 13.0 Å². The summed E-state index contributed by atoms with van der Waals surface area (Å²) < 4.78 is 5.78. The van der Waals surface area contributed by atoms with Gasteiger partial charge < -0.3 is 34.6 Å². The van der Waals surface area contributed by atoms with E-state index in [-0.39, 0.29) is 18.0 Å². The van der Waals surface area contributed by atoms with Crippen molar-refractivity contribution in [2.24, 2.45) is 0 Å². The number of ether oxygens (including phenoxy) is 1. The van der Waals surface area contributed by atoms with E-state index in [4.69, 9.17) is 9.72 Å². The van der Waals surface area contributed by atoms with Gasteiger partial charge in [0.05, 0.1) is 19.0 Å². The zero-order valence-electron chi connectivity index (χ0n) is 26.2. The molecule has 1 aromatic carbocycles. The Bertz CT molecular complexity index is 1170. The van der Waals surface area contributed by atoms with Gasteiger partial charge in [0.2, 0.25) is 11.9 Å². The molecule has 11 nitrogen and oxygen atoms in total. The van der Waals surface area contributed by atoms with Gasteiger partial charge in [-0.1, -0.05) is 6.92 Å². The highest BCUT2D eigenvalue weighted by atomic mass is 16.5. The number of methoxy groups -OCH3 is 1. The largest absolute Gasteiger partial charge is 0.494 e. The van der Waals surface area contributed by atoms with Crippen LogP contribution in [0.4, 0.5) is 28.8 Å². The highest BCUT2D eigenvalue weighted by Crippen LogP contribution is 2.37. The molecular formula is C30H49N9O2. The lowest BCUT2D eigenvalue weighted by Crippen LogP contribution is -2.54. The molecule has 1 N–H and O–H groups in total. The number of rotatable bonds is 12.